The minimum Gasteiger partial charge on any atom is -0.492 e. The Morgan fingerprint density at radius 2 is 1.88 bits per heavy atom. The fraction of sp³-hybridized carbons (Fsp3) is 0.500. The van der Waals surface area contributed by atoms with Gasteiger partial charge in [0, 0.05) is 29.1 Å². The second-order valence-corrected chi connectivity index (χ2v) is 5.22. The maximum absolute atomic E-state index is 6.23. The normalized spacial score (nSPS) is 23.8. The Morgan fingerprint density at radius 3 is 2.62 bits per heavy atom. The third-order valence-corrected chi connectivity index (χ3v) is 3.74. The molecule has 1 unspecified atom stereocenters. The molecule has 1 heterocycles. The van der Waals surface area contributed by atoms with Crippen molar-refractivity contribution < 1.29 is 4.74 Å². The zero-order valence-corrected chi connectivity index (χ0v) is 10.3. The van der Waals surface area contributed by atoms with Gasteiger partial charge in [-0.25, -0.2) is 0 Å². The number of nitrogens with one attached hydrogen (secondary N) is 1. The Balaban J connectivity index is 1.98. The highest BCUT2D eigenvalue weighted by Gasteiger charge is 2.31. The van der Waals surface area contributed by atoms with Crippen molar-refractivity contribution in [1.29, 1.82) is 0 Å². The Morgan fingerprint density at radius 1 is 1.12 bits per heavy atom. The van der Waals surface area contributed by atoms with Crippen molar-refractivity contribution in [2.75, 3.05) is 6.61 Å². The lowest BCUT2D eigenvalue weighted by atomic mass is 10.0. The third-order valence-electron chi connectivity index (χ3n) is 3.11. The Hall–Kier alpha value is -0.440. The molecule has 1 aromatic carbocycles. The number of hydrogen-bond donors (Lipinski definition) is 1. The molecule has 1 aliphatic carbocycles. The number of ether oxygens (including phenoxy) is 1. The van der Waals surface area contributed by atoms with E-state index in [1.807, 2.05) is 6.07 Å². The smallest absolute Gasteiger partial charge is 0.144 e. The fourth-order valence-electron chi connectivity index (χ4n) is 2.14. The number of halogens is 2. The monoisotopic (exact) mass is 257 g/mol. The zero-order chi connectivity index (χ0) is 11.1. The van der Waals surface area contributed by atoms with Gasteiger partial charge < -0.3 is 10.1 Å². The molecule has 86 valence electrons. The summed E-state index contributed by atoms with van der Waals surface area (Å²) in [7, 11) is 0. The van der Waals surface area contributed by atoms with E-state index in [0.29, 0.717) is 23.7 Å². The van der Waals surface area contributed by atoms with Crippen molar-refractivity contribution in [3.05, 3.63) is 27.7 Å². The molecule has 2 aliphatic rings. The van der Waals surface area contributed by atoms with E-state index in [4.69, 9.17) is 27.9 Å². The Kier molecular flexibility index (Phi) is 2.74. The van der Waals surface area contributed by atoms with Crippen LogP contribution in [0, 0.1) is 0 Å². The van der Waals surface area contributed by atoms with Crippen LogP contribution in [0.15, 0.2) is 12.1 Å². The quantitative estimate of drug-likeness (QED) is 0.875. The Bertz CT molecular complexity index is 418. The van der Waals surface area contributed by atoms with E-state index < -0.39 is 0 Å². The molecule has 0 radical (unpaired) electrons. The average molecular weight is 258 g/mol. The third kappa shape index (κ3) is 1.90. The molecule has 0 bridgehead atoms. The average Bonchev–Trinajstić information content (AvgIpc) is 3.08. The molecule has 1 N–H and O–H groups in total. The highest BCUT2D eigenvalue weighted by atomic mass is 35.5. The number of benzene rings is 1. The molecule has 4 heteroatoms. The van der Waals surface area contributed by atoms with Crippen LogP contribution < -0.4 is 10.1 Å². The van der Waals surface area contributed by atoms with Gasteiger partial charge in [-0.3, -0.25) is 0 Å². The molecule has 1 saturated carbocycles. The minimum atomic E-state index is 0.294. The highest BCUT2D eigenvalue weighted by molar-refractivity contribution is 6.35. The summed E-state index contributed by atoms with van der Waals surface area (Å²) in [4.78, 5) is 0. The molecule has 1 aromatic rings. The second kappa shape index (κ2) is 4.10. The lowest BCUT2D eigenvalue weighted by Crippen LogP contribution is -2.29. The van der Waals surface area contributed by atoms with Crippen molar-refractivity contribution in [2.24, 2.45) is 0 Å². The number of fused-ring (bicyclic) bond motifs is 1. The summed E-state index contributed by atoms with van der Waals surface area (Å²) in [5.74, 6) is 0.763. The molecule has 1 atom stereocenters. The molecule has 3 rings (SSSR count). The van der Waals surface area contributed by atoms with Crippen LogP contribution in [-0.4, -0.2) is 12.6 Å². The maximum Gasteiger partial charge on any atom is 0.144 e. The zero-order valence-electron chi connectivity index (χ0n) is 8.80. The van der Waals surface area contributed by atoms with E-state index >= 15 is 0 Å². The van der Waals surface area contributed by atoms with Crippen LogP contribution in [0.1, 0.15) is 30.9 Å². The van der Waals surface area contributed by atoms with Crippen LogP contribution in [0.25, 0.3) is 0 Å². The van der Waals surface area contributed by atoms with E-state index in [1.54, 1.807) is 6.07 Å². The van der Waals surface area contributed by atoms with Crippen LogP contribution in [0.3, 0.4) is 0 Å². The first kappa shape index (κ1) is 10.7. The predicted octanol–water partition coefficient (Wildman–Crippen LogP) is 3.57. The summed E-state index contributed by atoms with van der Waals surface area (Å²) in [6, 6.07) is 4.59. The van der Waals surface area contributed by atoms with Gasteiger partial charge in [-0.1, -0.05) is 23.2 Å². The van der Waals surface area contributed by atoms with Gasteiger partial charge in [0.15, 0.2) is 0 Å². The van der Waals surface area contributed by atoms with Crippen molar-refractivity contribution in [3.63, 3.8) is 0 Å². The molecule has 16 heavy (non-hydrogen) atoms. The van der Waals surface area contributed by atoms with Gasteiger partial charge in [0.05, 0.1) is 11.6 Å². The Labute approximate surface area is 105 Å². The fourth-order valence-corrected chi connectivity index (χ4v) is 2.64. The lowest BCUT2D eigenvalue weighted by Gasteiger charge is -2.28. The summed E-state index contributed by atoms with van der Waals surface area (Å²) in [5.41, 5.74) is 1.03. The van der Waals surface area contributed by atoms with Gasteiger partial charge in [-0.15, -0.1) is 0 Å². The molecule has 1 aliphatic heterocycles. The van der Waals surface area contributed by atoms with Gasteiger partial charge in [0.1, 0.15) is 5.75 Å². The highest BCUT2D eigenvalue weighted by Crippen LogP contribution is 2.43. The predicted molar refractivity (Wildman–Crippen MR) is 65.5 cm³/mol. The molecular formula is C12H13Cl2NO. The summed E-state index contributed by atoms with van der Waals surface area (Å²) in [6.07, 6.45) is 3.50. The summed E-state index contributed by atoms with van der Waals surface area (Å²) in [6.45, 7) is 0.706. The number of rotatable bonds is 2. The molecule has 1 fully saturated rings. The van der Waals surface area contributed by atoms with Crippen LogP contribution in [0.2, 0.25) is 10.0 Å². The first-order valence-electron chi connectivity index (χ1n) is 5.62. The lowest BCUT2D eigenvalue weighted by molar-refractivity contribution is 0.252. The van der Waals surface area contributed by atoms with E-state index in [1.165, 1.54) is 12.8 Å². The van der Waals surface area contributed by atoms with Crippen LogP contribution in [0.4, 0.5) is 0 Å². The van der Waals surface area contributed by atoms with Crippen molar-refractivity contribution >= 4 is 23.2 Å². The molecule has 0 amide bonds. The van der Waals surface area contributed by atoms with Gasteiger partial charge in [-0.05, 0) is 25.0 Å². The van der Waals surface area contributed by atoms with Crippen molar-refractivity contribution in [1.82, 2.24) is 5.32 Å². The van der Waals surface area contributed by atoms with Gasteiger partial charge >= 0.3 is 0 Å². The van der Waals surface area contributed by atoms with E-state index in [2.05, 4.69) is 5.32 Å². The van der Waals surface area contributed by atoms with E-state index in [9.17, 15) is 0 Å². The van der Waals surface area contributed by atoms with Crippen molar-refractivity contribution in [3.8, 4) is 5.75 Å². The summed E-state index contributed by atoms with van der Waals surface area (Å²) >= 11 is 12.4. The number of hydrogen-bond acceptors (Lipinski definition) is 2. The molecule has 2 nitrogen and oxygen atoms in total. The summed E-state index contributed by atoms with van der Waals surface area (Å²) in [5, 5.41) is 5.00. The van der Waals surface area contributed by atoms with Crippen LogP contribution in [0.5, 0.6) is 5.75 Å². The minimum absolute atomic E-state index is 0.294. The first-order valence-corrected chi connectivity index (χ1v) is 6.38. The standard InChI is InChI=1S/C12H13Cl2NO/c13-8-3-4-9(14)12-11(8)10(5-6-16-12)15-7-1-2-7/h3-4,7,10,15H,1-2,5-6H2. The molecule has 0 spiro atoms. The molecular weight excluding hydrogens is 245 g/mol. The van der Waals surface area contributed by atoms with E-state index in [0.717, 1.165) is 22.8 Å². The summed E-state index contributed by atoms with van der Waals surface area (Å²) < 4.78 is 5.61. The first-order chi connectivity index (χ1) is 7.75. The SMILES string of the molecule is Clc1ccc(Cl)c2c1OCCC2NC1CC1. The second-order valence-electron chi connectivity index (χ2n) is 4.40. The molecule has 0 saturated heterocycles. The van der Waals surface area contributed by atoms with Gasteiger partial charge in [0.2, 0.25) is 0 Å². The van der Waals surface area contributed by atoms with Crippen molar-refractivity contribution in [2.45, 2.75) is 31.3 Å². The van der Waals surface area contributed by atoms with Crippen LogP contribution >= 0.6 is 23.2 Å². The maximum atomic E-state index is 6.23. The largest absolute Gasteiger partial charge is 0.492 e. The van der Waals surface area contributed by atoms with Crippen LogP contribution in [-0.2, 0) is 0 Å². The van der Waals surface area contributed by atoms with Gasteiger partial charge in [0.25, 0.3) is 0 Å². The molecule has 0 aromatic heterocycles. The van der Waals surface area contributed by atoms with Gasteiger partial charge in [-0.2, -0.15) is 0 Å². The van der Waals surface area contributed by atoms with E-state index in [-0.39, 0.29) is 0 Å². The topological polar surface area (TPSA) is 21.3 Å².